The normalized spacial score (nSPS) is 11.4. The number of carboxylic acids is 1. The van der Waals surface area contributed by atoms with Crippen LogP contribution >= 0.6 is 0 Å². The minimum atomic E-state index is -0.831. The van der Waals surface area contributed by atoms with Crippen molar-refractivity contribution in [1.29, 1.82) is 0 Å². The lowest BCUT2D eigenvalue weighted by atomic mass is 10.0. The van der Waals surface area contributed by atoms with Crippen molar-refractivity contribution in [1.82, 2.24) is 0 Å². The third-order valence-electron chi connectivity index (χ3n) is 5.23. The Morgan fingerprint density at radius 3 is 1.19 bits per heavy atom. The van der Waals surface area contributed by atoms with Crippen molar-refractivity contribution in [2.75, 3.05) is 0 Å². The Bertz CT molecular complexity index is 309. The lowest BCUT2D eigenvalue weighted by Crippen LogP contribution is -1.86. The first-order valence-corrected chi connectivity index (χ1v) is 11.7. The maximum Gasteiger partial charge on any atom is 0.327 e. The molecular weight excluding hydrogens is 320 g/mol. The first-order chi connectivity index (χ1) is 12.8. The zero-order valence-corrected chi connectivity index (χ0v) is 17.7. The van der Waals surface area contributed by atoms with Crippen molar-refractivity contribution in [2.24, 2.45) is 0 Å². The van der Waals surface area contributed by atoms with E-state index in [-0.39, 0.29) is 0 Å². The van der Waals surface area contributed by atoms with Crippen LogP contribution in [0.3, 0.4) is 0 Å². The zero-order chi connectivity index (χ0) is 19.1. The monoisotopic (exact) mass is 366 g/mol. The first-order valence-electron chi connectivity index (χ1n) is 11.7. The molecule has 0 aromatic carbocycles. The van der Waals surface area contributed by atoms with E-state index in [0.29, 0.717) is 0 Å². The molecule has 0 amide bonds. The molecule has 0 fully saturated rings. The molecule has 0 unspecified atom stereocenters. The van der Waals surface area contributed by atoms with Crippen LogP contribution in [-0.4, -0.2) is 11.1 Å². The average molecular weight is 367 g/mol. The number of carbonyl (C=O) groups is 1. The van der Waals surface area contributed by atoms with Gasteiger partial charge < -0.3 is 5.11 Å². The molecule has 0 aliphatic carbocycles. The molecule has 0 atom stereocenters. The summed E-state index contributed by atoms with van der Waals surface area (Å²) in [7, 11) is 0. The molecule has 154 valence electrons. The fourth-order valence-electron chi connectivity index (χ4n) is 3.52. The number of aliphatic carboxylic acids is 1. The smallest absolute Gasteiger partial charge is 0.327 e. The number of carboxylic acid groups (broad SMARTS) is 1. The molecule has 0 spiro atoms. The second kappa shape index (κ2) is 22.3. The van der Waals surface area contributed by atoms with Gasteiger partial charge in [0.15, 0.2) is 0 Å². The van der Waals surface area contributed by atoms with E-state index in [2.05, 4.69) is 6.92 Å². The summed E-state index contributed by atoms with van der Waals surface area (Å²) in [5.41, 5.74) is 0. The predicted molar refractivity (Wildman–Crippen MR) is 115 cm³/mol. The Morgan fingerprint density at radius 1 is 0.577 bits per heavy atom. The van der Waals surface area contributed by atoms with Gasteiger partial charge in [0.05, 0.1) is 0 Å². The van der Waals surface area contributed by atoms with Crippen LogP contribution in [0.4, 0.5) is 0 Å². The van der Waals surface area contributed by atoms with Crippen molar-refractivity contribution in [3.63, 3.8) is 0 Å². The molecule has 2 heteroatoms. The predicted octanol–water partition coefficient (Wildman–Crippen LogP) is 8.45. The first kappa shape index (κ1) is 25.2. The number of allylic oxidation sites excluding steroid dienone is 1. The SMILES string of the molecule is CCCCCCCCCCCCCCCCCCCCCC=CC(=O)O. The summed E-state index contributed by atoms with van der Waals surface area (Å²) in [4.78, 5) is 10.3. The Morgan fingerprint density at radius 2 is 0.885 bits per heavy atom. The van der Waals surface area contributed by atoms with Gasteiger partial charge in [-0.2, -0.15) is 0 Å². The van der Waals surface area contributed by atoms with Crippen LogP contribution in [0.2, 0.25) is 0 Å². The highest BCUT2D eigenvalue weighted by Crippen LogP contribution is 2.14. The van der Waals surface area contributed by atoms with Gasteiger partial charge in [-0.3, -0.25) is 0 Å². The number of hydrogen-bond acceptors (Lipinski definition) is 1. The van der Waals surface area contributed by atoms with Gasteiger partial charge in [-0.15, -0.1) is 0 Å². The van der Waals surface area contributed by atoms with Gasteiger partial charge in [-0.05, 0) is 12.8 Å². The van der Waals surface area contributed by atoms with Crippen LogP contribution in [0.15, 0.2) is 12.2 Å². The Hall–Kier alpha value is -0.790. The number of unbranched alkanes of at least 4 members (excludes halogenated alkanes) is 19. The van der Waals surface area contributed by atoms with Crippen molar-refractivity contribution in [3.05, 3.63) is 12.2 Å². The van der Waals surface area contributed by atoms with Gasteiger partial charge in [-0.1, -0.05) is 129 Å². The average Bonchev–Trinajstić information content (AvgIpc) is 2.62. The highest BCUT2D eigenvalue weighted by molar-refractivity contribution is 5.79. The third kappa shape index (κ3) is 23.2. The zero-order valence-electron chi connectivity index (χ0n) is 17.7. The lowest BCUT2D eigenvalue weighted by Gasteiger charge is -2.03. The van der Waals surface area contributed by atoms with Crippen LogP contribution in [0.5, 0.6) is 0 Å². The Kier molecular flexibility index (Phi) is 21.6. The fraction of sp³-hybridized carbons (Fsp3) is 0.875. The Labute approximate surface area is 163 Å². The van der Waals surface area contributed by atoms with Gasteiger partial charge >= 0.3 is 5.97 Å². The van der Waals surface area contributed by atoms with Gasteiger partial charge in [-0.25, -0.2) is 4.79 Å². The lowest BCUT2D eigenvalue weighted by molar-refractivity contribution is -0.131. The molecule has 0 rings (SSSR count). The van der Waals surface area contributed by atoms with E-state index in [9.17, 15) is 4.79 Å². The van der Waals surface area contributed by atoms with Crippen LogP contribution in [0.25, 0.3) is 0 Å². The number of hydrogen-bond donors (Lipinski definition) is 1. The molecule has 0 radical (unpaired) electrons. The van der Waals surface area contributed by atoms with Crippen molar-refractivity contribution in [3.8, 4) is 0 Å². The summed E-state index contributed by atoms with van der Waals surface area (Å²) in [6, 6.07) is 0. The quantitative estimate of drug-likeness (QED) is 0.163. The minimum Gasteiger partial charge on any atom is -0.478 e. The van der Waals surface area contributed by atoms with Crippen molar-refractivity contribution in [2.45, 2.75) is 135 Å². The molecular formula is C24H46O2. The van der Waals surface area contributed by atoms with Crippen LogP contribution in [0, 0.1) is 0 Å². The molecule has 1 N–H and O–H groups in total. The number of rotatable bonds is 21. The molecule has 0 aliphatic rings. The highest BCUT2D eigenvalue weighted by Gasteiger charge is 1.95. The molecule has 0 saturated carbocycles. The molecule has 0 heterocycles. The van der Waals surface area contributed by atoms with Gasteiger partial charge in [0.2, 0.25) is 0 Å². The van der Waals surface area contributed by atoms with E-state index >= 15 is 0 Å². The highest BCUT2D eigenvalue weighted by atomic mass is 16.4. The molecule has 2 nitrogen and oxygen atoms in total. The topological polar surface area (TPSA) is 37.3 Å². The molecule has 0 saturated heterocycles. The second-order valence-electron chi connectivity index (χ2n) is 7.89. The molecule has 0 aromatic rings. The summed E-state index contributed by atoms with van der Waals surface area (Å²) in [6.45, 7) is 2.29. The standard InChI is InChI=1S/C24H46O2/c1-2-3-4-5-6-7-8-9-10-11-12-13-14-15-16-17-18-19-20-21-22-23-24(25)26/h22-23H,2-21H2,1H3,(H,25,26). The largest absolute Gasteiger partial charge is 0.478 e. The van der Waals surface area contributed by atoms with Gasteiger partial charge in [0, 0.05) is 6.08 Å². The van der Waals surface area contributed by atoms with Gasteiger partial charge in [0.1, 0.15) is 0 Å². The van der Waals surface area contributed by atoms with E-state index in [1.165, 1.54) is 122 Å². The molecule has 26 heavy (non-hydrogen) atoms. The van der Waals surface area contributed by atoms with E-state index in [1.54, 1.807) is 6.08 Å². The van der Waals surface area contributed by atoms with Crippen LogP contribution in [-0.2, 0) is 4.79 Å². The summed E-state index contributed by atoms with van der Waals surface area (Å²) >= 11 is 0. The van der Waals surface area contributed by atoms with Crippen LogP contribution in [0.1, 0.15) is 135 Å². The van der Waals surface area contributed by atoms with Crippen molar-refractivity contribution >= 4 is 5.97 Å². The van der Waals surface area contributed by atoms with Gasteiger partial charge in [0.25, 0.3) is 0 Å². The van der Waals surface area contributed by atoms with Crippen molar-refractivity contribution < 1.29 is 9.90 Å². The summed E-state index contributed by atoms with van der Waals surface area (Å²) in [6.07, 6.45) is 30.4. The maximum absolute atomic E-state index is 10.3. The van der Waals surface area contributed by atoms with E-state index in [0.717, 1.165) is 12.8 Å². The maximum atomic E-state index is 10.3. The fourth-order valence-corrected chi connectivity index (χ4v) is 3.52. The summed E-state index contributed by atoms with van der Waals surface area (Å²) in [5.74, 6) is -0.831. The molecule has 0 bridgehead atoms. The van der Waals surface area contributed by atoms with E-state index in [1.807, 2.05) is 0 Å². The van der Waals surface area contributed by atoms with E-state index in [4.69, 9.17) is 5.11 Å². The van der Waals surface area contributed by atoms with E-state index < -0.39 is 5.97 Å². The third-order valence-corrected chi connectivity index (χ3v) is 5.23. The summed E-state index contributed by atoms with van der Waals surface area (Å²) < 4.78 is 0. The second-order valence-corrected chi connectivity index (χ2v) is 7.89. The van der Waals surface area contributed by atoms with Crippen LogP contribution < -0.4 is 0 Å². The molecule has 0 aromatic heterocycles. The molecule has 0 aliphatic heterocycles. The summed E-state index contributed by atoms with van der Waals surface area (Å²) in [5, 5.41) is 8.49. The Balaban J connectivity index is 3.02. The minimum absolute atomic E-state index is 0.831.